The Bertz CT molecular complexity index is 782. The Balaban J connectivity index is 2.51. The molecule has 0 heterocycles. The summed E-state index contributed by atoms with van der Waals surface area (Å²) in [5.74, 6) is -1.34. The van der Waals surface area contributed by atoms with Crippen LogP contribution in [0.4, 0.5) is 11.4 Å². The van der Waals surface area contributed by atoms with E-state index in [1.165, 1.54) is 4.90 Å². The minimum Gasteiger partial charge on any atom is -0.273 e. The van der Waals surface area contributed by atoms with Gasteiger partial charge in [-0.25, -0.2) is 5.06 Å². The van der Waals surface area contributed by atoms with Gasteiger partial charge >= 0.3 is 11.8 Å². The normalized spacial score (nSPS) is 11.1. The van der Waals surface area contributed by atoms with Crippen molar-refractivity contribution in [2.24, 2.45) is 0 Å². The van der Waals surface area contributed by atoms with Gasteiger partial charge in [0.25, 0.3) is 0 Å². The van der Waals surface area contributed by atoms with Crippen LogP contribution in [-0.4, -0.2) is 30.0 Å². The summed E-state index contributed by atoms with van der Waals surface area (Å²) >= 11 is 0. The van der Waals surface area contributed by atoms with Gasteiger partial charge < -0.3 is 0 Å². The summed E-state index contributed by atoms with van der Waals surface area (Å²) in [7, 11) is 0. The van der Waals surface area contributed by atoms with Gasteiger partial charge in [-0.3, -0.25) is 19.3 Å². The van der Waals surface area contributed by atoms with Crippen molar-refractivity contribution in [2.75, 3.05) is 18.1 Å². The van der Waals surface area contributed by atoms with E-state index in [0.717, 1.165) is 10.6 Å². The third-order valence-electron chi connectivity index (χ3n) is 4.17. The Morgan fingerprint density at radius 3 is 2.07 bits per heavy atom. The molecule has 0 fully saturated rings. The lowest BCUT2D eigenvalue weighted by molar-refractivity contribution is -0.185. The van der Waals surface area contributed by atoms with Gasteiger partial charge in [-0.05, 0) is 49.1 Å². The Labute approximate surface area is 161 Å². The van der Waals surface area contributed by atoms with Crippen LogP contribution in [0.2, 0.25) is 0 Å². The highest BCUT2D eigenvalue weighted by Crippen LogP contribution is 2.30. The molecule has 27 heavy (non-hydrogen) atoms. The molecule has 0 unspecified atom stereocenters. The number of hydrogen-bond acceptors (Lipinski definition) is 3. The molecule has 2 aromatic carbocycles. The Morgan fingerprint density at radius 2 is 1.52 bits per heavy atom. The lowest BCUT2D eigenvalue weighted by atomic mass is 9.87. The monoisotopic (exact) mass is 368 g/mol. The smallest absolute Gasteiger partial charge is 0.273 e. The molecule has 0 saturated heterocycles. The second-order valence-electron chi connectivity index (χ2n) is 7.19. The molecule has 0 saturated carbocycles. The zero-order valence-corrected chi connectivity index (χ0v) is 16.7. The summed E-state index contributed by atoms with van der Waals surface area (Å²) in [6.07, 6.45) is 0. The van der Waals surface area contributed by atoms with Crippen molar-refractivity contribution in [3.63, 3.8) is 0 Å². The van der Waals surface area contributed by atoms with Crippen molar-refractivity contribution in [3.8, 4) is 0 Å². The molecule has 5 heteroatoms. The molecule has 0 atom stereocenters. The molecule has 0 aromatic heterocycles. The van der Waals surface area contributed by atoms with Gasteiger partial charge in [-0.1, -0.05) is 51.1 Å². The van der Waals surface area contributed by atoms with Crippen LogP contribution < -0.4 is 4.90 Å². The topological polar surface area (TPSA) is 49.9 Å². The summed E-state index contributed by atoms with van der Waals surface area (Å²) in [5, 5.41) is 1.10. The number of likely N-dealkylation sites (N-methyl/N-ethyl adjacent to an activating group) is 1. The van der Waals surface area contributed by atoms with Crippen molar-refractivity contribution >= 4 is 23.2 Å². The summed E-state index contributed by atoms with van der Waals surface area (Å²) < 4.78 is 0. The molecule has 0 radical (unpaired) electrons. The Morgan fingerprint density at radius 1 is 0.889 bits per heavy atom. The number of amides is 2. The minimum atomic E-state index is -0.690. The van der Waals surface area contributed by atoms with Crippen molar-refractivity contribution < 1.29 is 14.4 Å². The fourth-order valence-electron chi connectivity index (χ4n) is 2.72. The summed E-state index contributed by atoms with van der Waals surface area (Å²) in [4.78, 5) is 32.6. The third-order valence-corrected chi connectivity index (χ3v) is 4.17. The van der Waals surface area contributed by atoms with E-state index in [9.17, 15) is 9.59 Å². The van der Waals surface area contributed by atoms with Crippen LogP contribution in [0.1, 0.15) is 40.2 Å². The molecule has 0 aliphatic carbocycles. The van der Waals surface area contributed by atoms with Gasteiger partial charge in [0.2, 0.25) is 0 Å². The average Bonchev–Trinajstić information content (AvgIpc) is 2.66. The molecule has 2 aromatic rings. The molecule has 0 bridgehead atoms. The maximum absolute atomic E-state index is 13.1. The number of nitrogens with zero attached hydrogens (tertiary/aromatic N) is 2. The second-order valence-corrected chi connectivity index (χ2v) is 7.19. The number of hydroxylamine groups is 2. The van der Waals surface area contributed by atoms with E-state index in [4.69, 9.17) is 4.84 Å². The van der Waals surface area contributed by atoms with Gasteiger partial charge in [0.15, 0.2) is 0 Å². The van der Waals surface area contributed by atoms with E-state index in [2.05, 4.69) is 20.8 Å². The second kappa shape index (κ2) is 8.82. The van der Waals surface area contributed by atoms with E-state index >= 15 is 0 Å². The van der Waals surface area contributed by atoms with Crippen molar-refractivity contribution in [3.05, 3.63) is 60.2 Å². The number of carbonyl (C=O) groups excluding carboxylic acids is 2. The van der Waals surface area contributed by atoms with Gasteiger partial charge in [-0.15, -0.1) is 0 Å². The number of carbonyl (C=O) groups is 2. The largest absolute Gasteiger partial charge is 0.336 e. The van der Waals surface area contributed by atoms with Crippen LogP contribution in [0.25, 0.3) is 0 Å². The van der Waals surface area contributed by atoms with Gasteiger partial charge in [-0.2, -0.15) is 0 Å². The molecule has 0 N–H and O–H groups in total. The zero-order valence-electron chi connectivity index (χ0n) is 16.7. The highest BCUT2D eigenvalue weighted by Gasteiger charge is 2.30. The number of hydrogen-bond donors (Lipinski definition) is 0. The number of para-hydroxylation sites is 1. The molecule has 0 spiro atoms. The first-order chi connectivity index (χ1) is 12.8. The molecule has 144 valence electrons. The Kier molecular flexibility index (Phi) is 6.75. The number of rotatable bonds is 5. The molecular weight excluding hydrogens is 340 g/mol. The van der Waals surface area contributed by atoms with Crippen molar-refractivity contribution in [2.45, 2.75) is 40.0 Å². The predicted octanol–water partition coefficient (Wildman–Crippen LogP) is 4.45. The van der Waals surface area contributed by atoms with E-state index in [1.54, 1.807) is 13.8 Å². The molecular formula is C22H28N2O3. The number of benzene rings is 2. The molecule has 0 aliphatic heterocycles. The number of anilines is 2. The van der Waals surface area contributed by atoms with Crippen LogP contribution in [0, 0.1) is 0 Å². The molecule has 2 amide bonds. The first-order valence-corrected chi connectivity index (χ1v) is 9.24. The molecule has 0 aliphatic rings. The quantitative estimate of drug-likeness (QED) is 0.579. The molecule has 5 nitrogen and oxygen atoms in total. The third kappa shape index (κ3) is 4.95. The fourth-order valence-corrected chi connectivity index (χ4v) is 2.72. The first-order valence-electron chi connectivity index (χ1n) is 9.24. The van der Waals surface area contributed by atoms with E-state index in [1.807, 2.05) is 54.6 Å². The maximum atomic E-state index is 13.1. The lowest BCUT2D eigenvalue weighted by Crippen LogP contribution is -2.43. The fraction of sp³-hybridized carbons (Fsp3) is 0.364. The van der Waals surface area contributed by atoms with Crippen LogP contribution in [0.3, 0.4) is 0 Å². The maximum Gasteiger partial charge on any atom is 0.336 e. The average molecular weight is 368 g/mol. The summed E-state index contributed by atoms with van der Waals surface area (Å²) in [5.41, 5.74) is 2.29. The standard InChI is InChI=1S/C22H28N2O3/c1-6-23(27-7-2)20(25)21(26)24(18-13-9-8-10-14-18)19-15-11-12-17(16-19)22(3,4)5/h8-16H,6-7H2,1-5H3. The van der Waals surface area contributed by atoms with Crippen LogP contribution in [-0.2, 0) is 19.8 Å². The lowest BCUT2D eigenvalue weighted by Gasteiger charge is -2.27. The van der Waals surface area contributed by atoms with E-state index in [0.29, 0.717) is 24.5 Å². The highest BCUT2D eigenvalue weighted by molar-refractivity contribution is 6.41. The SMILES string of the molecule is CCON(CC)C(=O)C(=O)N(c1ccccc1)c1cccc(C(C)(C)C)c1. The van der Waals surface area contributed by atoms with Crippen LogP contribution in [0.15, 0.2) is 54.6 Å². The van der Waals surface area contributed by atoms with Crippen molar-refractivity contribution in [1.29, 1.82) is 0 Å². The first kappa shape index (κ1) is 20.6. The van der Waals surface area contributed by atoms with Gasteiger partial charge in [0.1, 0.15) is 0 Å². The minimum absolute atomic E-state index is 0.0772. The highest BCUT2D eigenvalue weighted by atomic mass is 16.7. The van der Waals surface area contributed by atoms with E-state index < -0.39 is 11.8 Å². The zero-order chi connectivity index (χ0) is 20.0. The molecule has 2 rings (SSSR count). The van der Waals surface area contributed by atoms with Gasteiger partial charge in [0.05, 0.1) is 6.61 Å². The summed E-state index contributed by atoms with van der Waals surface area (Å²) in [6.45, 7) is 10.5. The van der Waals surface area contributed by atoms with Gasteiger partial charge in [0, 0.05) is 17.9 Å². The summed E-state index contributed by atoms with van der Waals surface area (Å²) in [6, 6.07) is 16.9. The van der Waals surface area contributed by atoms with E-state index in [-0.39, 0.29) is 5.41 Å². The van der Waals surface area contributed by atoms with Crippen molar-refractivity contribution in [1.82, 2.24) is 5.06 Å². The van der Waals surface area contributed by atoms with Crippen LogP contribution in [0.5, 0.6) is 0 Å². The Hall–Kier alpha value is -2.66. The van der Waals surface area contributed by atoms with Crippen LogP contribution >= 0.6 is 0 Å². The predicted molar refractivity (Wildman–Crippen MR) is 108 cm³/mol.